The monoisotopic (exact) mass is 331 g/mol. The zero-order valence-electron chi connectivity index (χ0n) is 10.1. The molecule has 0 heterocycles. The van der Waals surface area contributed by atoms with E-state index in [0.29, 0.717) is 10.0 Å². The van der Waals surface area contributed by atoms with Gasteiger partial charge in [-0.15, -0.1) is 0 Å². The van der Waals surface area contributed by atoms with Crippen molar-refractivity contribution in [3.05, 3.63) is 28.2 Å². The molecule has 1 unspecified atom stereocenters. The van der Waals surface area contributed by atoms with Crippen LogP contribution in [0.3, 0.4) is 0 Å². The second-order valence-electron chi connectivity index (χ2n) is 3.83. The minimum absolute atomic E-state index is 0.0300. The molecule has 0 fully saturated rings. The van der Waals surface area contributed by atoms with Crippen LogP contribution in [-0.2, 0) is 10.0 Å². The van der Waals surface area contributed by atoms with Gasteiger partial charge in [0, 0.05) is 17.1 Å². The smallest absolute Gasteiger partial charge is 0.240 e. The van der Waals surface area contributed by atoms with E-state index in [0.717, 1.165) is 0 Å². The zero-order chi connectivity index (χ0) is 13.8. The van der Waals surface area contributed by atoms with E-state index < -0.39 is 10.0 Å². The third kappa shape index (κ3) is 4.07. The molecule has 18 heavy (non-hydrogen) atoms. The van der Waals surface area contributed by atoms with E-state index in [-0.39, 0.29) is 17.5 Å². The molecule has 5 nitrogen and oxygen atoms in total. The van der Waals surface area contributed by atoms with Gasteiger partial charge >= 0.3 is 0 Å². The van der Waals surface area contributed by atoms with Gasteiger partial charge in [-0.3, -0.25) is 0 Å². The van der Waals surface area contributed by atoms with Gasteiger partial charge in [-0.1, -0.05) is 15.9 Å². The summed E-state index contributed by atoms with van der Waals surface area (Å²) in [6.45, 7) is 2.15. The third-order valence-electron chi connectivity index (χ3n) is 2.38. The Kier molecular flexibility index (Phi) is 5.28. The van der Waals surface area contributed by atoms with Gasteiger partial charge in [0.2, 0.25) is 10.0 Å². The topological polar surface area (TPSA) is 82.0 Å². The molecule has 0 spiro atoms. The fourth-order valence-corrected chi connectivity index (χ4v) is 3.05. The minimum atomic E-state index is -3.59. The molecule has 0 aliphatic rings. The van der Waals surface area contributed by atoms with Crippen molar-refractivity contribution in [3.63, 3.8) is 0 Å². The lowest BCUT2D eigenvalue weighted by Crippen LogP contribution is -2.37. The lowest BCUT2D eigenvalue weighted by Gasteiger charge is -2.12. The lowest BCUT2D eigenvalue weighted by atomic mass is 10.2. The number of sulfonamides is 1. The first-order chi connectivity index (χ1) is 8.39. The number of hydrogen-bond donors (Lipinski definition) is 2. The average molecular weight is 332 g/mol. The van der Waals surface area contributed by atoms with E-state index in [2.05, 4.69) is 26.0 Å². The van der Waals surface area contributed by atoms with Crippen LogP contribution < -0.4 is 10.0 Å². The highest BCUT2D eigenvalue weighted by Gasteiger charge is 2.16. The highest BCUT2D eigenvalue weighted by Crippen LogP contribution is 2.19. The van der Waals surface area contributed by atoms with Crippen LogP contribution in [0.5, 0.6) is 0 Å². The molecule has 0 aromatic heterocycles. The van der Waals surface area contributed by atoms with Gasteiger partial charge < -0.3 is 5.32 Å². The molecule has 0 radical (unpaired) electrons. The second-order valence-corrected chi connectivity index (χ2v) is 6.51. The summed E-state index contributed by atoms with van der Waals surface area (Å²) in [5.74, 6) is 0. The Morgan fingerprint density at radius 1 is 1.44 bits per heavy atom. The highest BCUT2D eigenvalue weighted by molar-refractivity contribution is 9.10. The predicted molar refractivity (Wildman–Crippen MR) is 72.6 cm³/mol. The highest BCUT2D eigenvalue weighted by atomic mass is 79.9. The van der Waals surface area contributed by atoms with Gasteiger partial charge in [-0.25, -0.2) is 13.1 Å². The van der Waals surface area contributed by atoms with E-state index >= 15 is 0 Å². The molecule has 0 aliphatic carbocycles. The van der Waals surface area contributed by atoms with E-state index in [1.165, 1.54) is 12.1 Å². The van der Waals surface area contributed by atoms with Crippen molar-refractivity contribution >= 4 is 26.0 Å². The van der Waals surface area contributed by atoms with Crippen LogP contribution in [0.1, 0.15) is 12.5 Å². The van der Waals surface area contributed by atoms with Crippen molar-refractivity contribution in [2.45, 2.75) is 17.9 Å². The molecule has 1 rings (SSSR count). The van der Waals surface area contributed by atoms with Crippen LogP contribution in [-0.4, -0.2) is 28.1 Å². The Morgan fingerprint density at radius 2 is 2.11 bits per heavy atom. The minimum Gasteiger partial charge on any atom is -0.316 e. The average Bonchev–Trinajstić information content (AvgIpc) is 2.35. The lowest BCUT2D eigenvalue weighted by molar-refractivity contribution is 0.554. The number of nitrogens with one attached hydrogen (secondary N) is 2. The maximum atomic E-state index is 12.0. The van der Waals surface area contributed by atoms with Crippen molar-refractivity contribution in [2.24, 2.45) is 0 Å². The molecule has 98 valence electrons. The summed E-state index contributed by atoms with van der Waals surface area (Å²) in [7, 11) is -1.84. The van der Waals surface area contributed by atoms with Crippen molar-refractivity contribution in [2.75, 3.05) is 13.6 Å². The van der Waals surface area contributed by atoms with E-state index in [1.807, 2.05) is 13.0 Å². The Bertz CT molecular complexity index is 566. The number of nitrogens with zero attached hydrogens (tertiary/aromatic N) is 1. The number of benzene rings is 1. The molecule has 0 saturated carbocycles. The molecular formula is C11H14BrN3O2S. The molecule has 7 heteroatoms. The summed E-state index contributed by atoms with van der Waals surface area (Å²) in [5.41, 5.74) is 0.298. The third-order valence-corrected chi connectivity index (χ3v) is 4.24. The first-order valence-electron chi connectivity index (χ1n) is 5.26. The van der Waals surface area contributed by atoms with Crippen molar-refractivity contribution < 1.29 is 8.42 Å². The van der Waals surface area contributed by atoms with E-state index in [9.17, 15) is 8.42 Å². The predicted octanol–water partition coefficient (Wildman–Crippen LogP) is 1.21. The molecule has 1 atom stereocenters. The SMILES string of the molecule is CNC(C)CNS(=O)(=O)c1cc(Br)cc(C#N)c1. The summed E-state index contributed by atoms with van der Waals surface area (Å²) in [5, 5.41) is 11.7. The van der Waals surface area contributed by atoms with Gasteiger partial charge in [0.05, 0.1) is 16.5 Å². The fourth-order valence-electron chi connectivity index (χ4n) is 1.20. The van der Waals surface area contributed by atoms with Crippen molar-refractivity contribution in [1.82, 2.24) is 10.0 Å². The largest absolute Gasteiger partial charge is 0.316 e. The molecular weight excluding hydrogens is 318 g/mol. The van der Waals surface area contributed by atoms with Crippen LogP contribution in [0, 0.1) is 11.3 Å². The number of nitriles is 1. The molecule has 2 N–H and O–H groups in total. The van der Waals surface area contributed by atoms with Crippen molar-refractivity contribution in [3.8, 4) is 6.07 Å². The van der Waals surface area contributed by atoms with Gasteiger partial charge in [0.25, 0.3) is 0 Å². The van der Waals surface area contributed by atoms with Crippen LogP contribution in [0.25, 0.3) is 0 Å². The van der Waals surface area contributed by atoms with Crippen LogP contribution in [0.15, 0.2) is 27.6 Å². The zero-order valence-corrected chi connectivity index (χ0v) is 12.5. The van der Waals surface area contributed by atoms with Gasteiger partial charge in [0.1, 0.15) is 0 Å². The maximum Gasteiger partial charge on any atom is 0.240 e. The molecule has 0 aliphatic heterocycles. The van der Waals surface area contributed by atoms with Crippen molar-refractivity contribution in [1.29, 1.82) is 5.26 Å². The molecule has 0 bridgehead atoms. The summed E-state index contributed by atoms with van der Waals surface area (Å²) in [6, 6.07) is 6.33. The van der Waals surface area contributed by atoms with E-state index in [4.69, 9.17) is 5.26 Å². The Labute approximate surface area is 115 Å². The first kappa shape index (κ1) is 15.1. The molecule has 1 aromatic carbocycles. The summed E-state index contributed by atoms with van der Waals surface area (Å²) in [4.78, 5) is 0.0803. The maximum absolute atomic E-state index is 12.0. The summed E-state index contributed by atoms with van der Waals surface area (Å²) >= 11 is 3.18. The number of hydrogen-bond acceptors (Lipinski definition) is 4. The Morgan fingerprint density at radius 3 is 2.67 bits per heavy atom. The van der Waals surface area contributed by atoms with Crippen LogP contribution in [0.4, 0.5) is 0 Å². The van der Waals surface area contributed by atoms with Gasteiger partial charge in [-0.2, -0.15) is 5.26 Å². The molecule has 0 saturated heterocycles. The standard InChI is InChI=1S/C11H14BrN3O2S/c1-8(14-2)7-15-18(16,17)11-4-9(6-13)3-10(12)5-11/h3-5,8,14-15H,7H2,1-2H3. The number of likely N-dealkylation sites (N-methyl/N-ethyl adjacent to an activating group) is 1. The molecule has 0 amide bonds. The quantitative estimate of drug-likeness (QED) is 0.849. The van der Waals surface area contributed by atoms with E-state index in [1.54, 1.807) is 13.1 Å². The number of rotatable bonds is 5. The second kappa shape index (κ2) is 6.29. The normalized spacial score (nSPS) is 13.0. The fraction of sp³-hybridized carbons (Fsp3) is 0.364. The van der Waals surface area contributed by atoms with Crippen LogP contribution >= 0.6 is 15.9 Å². The van der Waals surface area contributed by atoms with Crippen LogP contribution in [0.2, 0.25) is 0 Å². The Hall–Kier alpha value is -0.940. The van der Waals surface area contributed by atoms with Gasteiger partial charge in [0.15, 0.2) is 0 Å². The van der Waals surface area contributed by atoms with Gasteiger partial charge in [-0.05, 0) is 32.2 Å². The Balaban J connectivity index is 2.99. The number of halogens is 1. The summed E-state index contributed by atoms with van der Waals surface area (Å²) < 4.78 is 27.1. The summed E-state index contributed by atoms with van der Waals surface area (Å²) in [6.07, 6.45) is 0. The first-order valence-corrected chi connectivity index (χ1v) is 7.54. The molecule has 1 aromatic rings.